The largest absolute Gasteiger partial charge is 0.529 e. The lowest BCUT2D eigenvalue weighted by Gasteiger charge is -2.30. The Labute approximate surface area is 248 Å². The Balaban J connectivity index is 1.45. The molecule has 1 unspecified atom stereocenters. The molecular weight excluding hydrogens is 637 g/mol. The van der Waals surface area contributed by atoms with Crippen molar-refractivity contribution >= 4 is 41.5 Å². The van der Waals surface area contributed by atoms with Crippen molar-refractivity contribution in [1.29, 1.82) is 0 Å². The second-order valence-corrected chi connectivity index (χ2v) is 11.1. The third-order valence-electron chi connectivity index (χ3n) is 6.39. The van der Waals surface area contributed by atoms with Gasteiger partial charge in [0.1, 0.15) is 12.3 Å². The minimum Gasteiger partial charge on any atom is -0.390 e. The average Bonchev–Trinajstić information content (AvgIpc) is 3.34. The molecule has 224 valence electrons. The Bertz CT molecular complexity index is 1550. The predicted molar refractivity (Wildman–Crippen MR) is 156 cm³/mol. The van der Waals surface area contributed by atoms with Crippen LogP contribution < -0.4 is 16.3 Å². The molecule has 4 rings (SSSR count). The van der Waals surface area contributed by atoms with E-state index in [0.29, 0.717) is 5.69 Å². The van der Waals surface area contributed by atoms with E-state index in [2.05, 4.69) is 20.9 Å². The van der Waals surface area contributed by atoms with Gasteiger partial charge in [0.2, 0.25) is 0 Å². The van der Waals surface area contributed by atoms with Crippen molar-refractivity contribution in [3.8, 4) is 0 Å². The SMILES string of the molecule is CON(c1ccccc1)[C@@H](Cc1ccccc1)C(=O)OP(=O)(O)OC[C@H]1O[C@@H](n2cc(/C=C/Br)c(=O)[nH]c2=O)C[C@@H]1O. The second-order valence-electron chi connectivity index (χ2n) is 9.20. The monoisotopic (exact) mass is 665 g/mol. The number of ether oxygens (including phenoxy) is 1. The number of carbonyl (C=O) groups is 1. The summed E-state index contributed by atoms with van der Waals surface area (Å²) in [6, 6.07) is 16.5. The van der Waals surface area contributed by atoms with E-state index < -0.39 is 56.1 Å². The molecule has 1 aliphatic rings. The molecule has 5 atom stereocenters. The highest BCUT2D eigenvalue weighted by Crippen LogP contribution is 2.45. The van der Waals surface area contributed by atoms with Gasteiger partial charge in [-0.2, -0.15) is 0 Å². The molecule has 0 saturated carbocycles. The molecule has 3 N–H and O–H groups in total. The van der Waals surface area contributed by atoms with Crippen molar-refractivity contribution < 1.29 is 38.0 Å². The first-order valence-corrected chi connectivity index (χ1v) is 15.1. The smallest absolute Gasteiger partial charge is 0.390 e. The van der Waals surface area contributed by atoms with Gasteiger partial charge in [0, 0.05) is 19.0 Å². The Hall–Kier alpha value is -3.36. The number of hydrogen-bond acceptors (Lipinski definition) is 10. The summed E-state index contributed by atoms with van der Waals surface area (Å²) in [6.07, 6.45) is -0.668. The molecule has 1 aromatic heterocycles. The highest BCUT2D eigenvalue weighted by Gasteiger charge is 2.40. The van der Waals surface area contributed by atoms with Crippen molar-refractivity contribution in [1.82, 2.24) is 9.55 Å². The van der Waals surface area contributed by atoms with Gasteiger partial charge in [-0.1, -0.05) is 64.5 Å². The molecule has 0 radical (unpaired) electrons. The molecule has 1 fully saturated rings. The number of nitrogens with one attached hydrogen (secondary N) is 1. The lowest BCUT2D eigenvalue weighted by Crippen LogP contribution is -2.43. The van der Waals surface area contributed by atoms with E-state index in [1.165, 1.54) is 29.4 Å². The number of aliphatic hydroxyl groups excluding tert-OH is 1. The zero-order valence-electron chi connectivity index (χ0n) is 22.3. The number of nitrogens with zero attached hydrogens (tertiary/aromatic N) is 2. The standard InChI is InChI=1S/C27H29BrN3O10P/c1-38-31(20-10-6-3-7-11-20)21(14-18-8-4-2-5-9-18)26(34)41-42(36,37)39-17-23-22(32)15-24(40-23)30-16-19(12-13-28)25(33)29-27(30)35/h2-13,16,21-24,32H,14-15,17H2,1H3,(H,36,37)(H,29,33,35)/b13-12+/t21-,22-,23+,24+/m0/s1. The summed E-state index contributed by atoms with van der Waals surface area (Å²) in [6.45, 7) is -0.638. The number of anilines is 1. The summed E-state index contributed by atoms with van der Waals surface area (Å²) in [4.78, 5) is 57.0. The lowest BCUT2D eigenvalue weighted by atomic mass is 10.1. The fourth-order valence-electron chi connectivity index (χ4n) is 4.39. The Morgan fingerprint density at radius 3 is 2.52 bits per heavy atom. The summed E-state index contributed by atoms with van der Waals surface area (Å²) in [5.41, 5.74) is 0.0251. The number of phosphoric acid groups is 1. The summed E-state index contributed by atoms with van der Waals surface area (Å²) in [7, 11) is -3.65. The van der Waals surface area contributed by atoms with E-state index >= 15 is 0 Å². The predicted octanol–water partition coefficient (Wildman–Crippen LogP) is 2.89. The molecule has 0 amide bonds. The number of aromatic amines is 1. The fraction of sp³-hybridized carbons (Fsp3) is 0.296. The van der Waals surface area contributed by atoms with E-state index in [-0.39, 0.29) is 18.4 Å². The minimum absolute atomic E-state index is 0.0774. The van der Waals surface area contributed by atoms with E-state index in [4.69, 9.17) is 18.6 Å². The number of rotatable bonds is 12. The third kappa shape index (κ3) is 7.92. The van der Waals surface area contributed by atoms with Gasteiger partial charge in [0.25, 0.3) is 5.56 Å². The molecule has 1 saturated heterocycles. The third-order valence-corrected chi connectivity index (χ3v) is 7.54. The van der Waals surface area contributed by atoms with Gasteiger partial charge < -0.3 is 14.4 Å². The molecular formula is C27H29BrN3O10P. The molecule has 0 aliphatic carbocycles. The van der Waals surface area contributed by atoms with Gasteiger partial charge in [0.15, 0.2) is 6.04 Å². The maximum atomic E-state index is 13.3. The highest BCUT2D eigenvalue weighted by molar-refractivity contribution is 9.11. The first-order chi connectivity index (χ1) is 20.1. The topological polar surface area (TPSA) is 170 Å². The van der Waals surface area contributed by atoms with Gasteiger partial charge in [-0.15, -0.1) is 0 Å². The summed E-state index contributed by atoms with van der Waals surface area (Å²) < 4.78 is 29.6. The fourth-order valence-corrected chi connectivity index (χ4v) is 5.41. The Morgan fingerprint density at radius 2 is 1.88 bits per heavy atom. The first-order valence-electron chi connectivity index (χ1n) is 12.7. The van der Waals surface area contributed by atoms with Crippen LogP contribution in [0.5, 0.6) is 0 Å². The van der Waals surface area contributed by atoms with Crippen molar-refractivity contribution in [3.63, 3.8) is 0 Å². The molecule has 1 aliphatic heterocycles. The first kappa shape index (κ1) is 31.6. The minimum atomic E-state index is -5.01. The van der Waals surface area contributed by atoms with Crippen LogP contribution in [0.25, 0.3) is 6.08 Å². The molecule has 42 heavy (non-hydrogen) atoms. The number of H-pyrrole nitrogens is 1. The van der Waals surface area contributed by atoms with Crippen LogP contribution in [0.15, 0.2) is 81.4 Å². The summed E-state index contributed by atoms with van der Waals surface area (Å²) >= 11 is 3.07. The average molecular weight is 666 g/mol. The molecule has 0 spiro atoms. The van der Waals surface area contributed by atoms with Gasteiger partial charge in [-0.25, -0.2) is 19.2 Å². The van der Waals surface area contributed by atoms with Crippen LogP contribution >= 0.6 is 23.8 Å². The van der Waals surface area contributed by atoms with Gasteiger partial charge in [0.05, 0.1) is 31.1 Å². The van der Waals surface area contributed by atoms with E-state index in [1.54, 1.807) is 54.6 Å². The quantitative estimate of drug-likeness (QED) is 0.192. The van der Waals surface area contributed by atoms with Crippen molar-refractivity contribution in [3.05, 3.63) is 104 Å². The van der Waals surface area contributed by atoms with Gasteiger partial charge in [-0.3, -0.25) is 28.6 Å². The normalized spacial score (nSPS) is 20.7. The van der Waals surface area contributed by atoms with Gasteiger partial charge >= 0.3 is 19.5 Å². The van der Waals surface area contributed by atoms with E-state index in [9.17, 15) is 28.9 Å². The molecule has 0 bridgehead atoms. The maximum absolute atomic E-state index is 13.3. The zero-order valence-corrected chi connectivity index (χ0v) is 24.8. The molecule has 15 heteroatoms. The number of aromatic nitrogens is 2. The van der Waals surface area contributed by atoms with Crippen LogP contribution in [0.1, 0.15) is 23.8 Å². The maximum Gasteiger partial charge on any atom is 0.529 e. The van der Waals surface area contributed by atoms with Crippen LogP contribution in [0.4, 0.5) is 5.69 Å². The second kappa shape index (κ2) is 14.2. The van der Waals surface area contributed by atoms with E-state index in [0.717, 1.165) is 10.1 Å². The lowest BCUT2D eigenvalue weighted by molar-refractivity contribution is -0.140. The molecule has 13 nitrogen and oxygen atoms in total. The van der Waals surface area contributed by atoms with Crippen molar-refractivity contribution in [2.75, 3.05) is 18.8 Å². The van der Waals surface area contributed by atoms with Crippen molar-refractivity contribution in [2.24, 2.45) is 0 Å². The zero-order chi connectivity index (χ0) is 30.3. The molecule has 2 aromatic carbocycles. The van der Waals surface area contributed by atoms with Crippen LogP contribution in [0.2, 0.25) is 0 Å². The van der Waals surface area contributed by atoms with Crippen LogP contribution in [-0.4, -0.2) is 57.5 Å². The number of para-hydroxylation sites is 1. The van der Waals surface area contributed by atoms with Gasteiger partial charge in [-0.05, 0) is 28.8 Å². The Kier molecular flexibility index (Phi) is 10.7. The van der Waals surface area contributed by atoms with E-state index in [1.807, 2.05) is 6.07 Å². The number of benzene rings is 2. The number of halogens is 1. The molecule has 2 heterocycles. The van der Waals surface area contributed by atoms with Crippen LogP contribution in [0, 0.1) is 0 Å². The van der Waals surface area contributed by atoms with Crippen molar-refractivity contribution in [2.45, 2.75) is 37.3 Å². The number of phosphoric ester groups is 1. The number of hydroxylamine groups is 1. The number of aliphatic hydroxyl groups is 1. The van der Waals surface area contributed by atoms with Crippen LogP contribution in [-0.2, 0) is 34.4 Å². The van der Waals surface area contributed by atoms with Crippen LogP contribution in [0.3, 0.4) is 0 Å². The summed E-state index contributed by atoms with van der Waals surface area (Å²) in [5.74, 6) is -1.09. The number of hydrogen-bond donors (Lipinski definition) is 3. The Morgan fingerprint density at radius 1 is 1.21 bits per heavy atom. The number of carbonyl (C=O) groups excluding carboxylic acids is 1. The molecule has 3 aromatic rings. The summed E-state index contributed by atoms with van der Waals surface area (Å²) in [5, 5.41) is 11.8. The highest BCUT2D eigenvalue weighted by atomic mass is 79.9.